The summed E-state index contributed by atoms with van der Waals surface area (Å²) in [6, 6.07) is 0. The smallest absolute Gasteiger partial charge is 1.00 e. The molecule has 0 amide bonds. The van der Waals surface area contributed by atoms with Crippen LogP contribution in [0, 0.1) is 6.92 Å². The summed E-state index contributed by atoms with van der Waals surface area (Å²) in [5.41, 5.74) is 0. The van der Waals surface area contributed by atoms with Gasteiger partial charge in [0.2, 0.25) is 0 Å². The predicted molar refractivity (Wildman–Crippen MR) is 43.0 cm³/mol. The number of halogens is 1. The maximum atomic E-state index is 5.18. The number of hydrogen-bond donors (Lipinski definition) is 0. The first-order valence-electron chi connectivity index (χ1n) is 3.53. The van der Waals surface area contributed by atoms with E-state index in [0.29, 0.717) is 0 Å². The molecule has 2 nitrogen and oxygen atoms in total. The Bertz CT molecular complexity index is 76.1. The normalized spacial score (nSPS) is 18.3. The van der Waals surface area contributed by atoms with E-state index in [1.165, 1.54) is 0 Å². The topological polar surface area (TPSA) is 12.5 Å². The van der Waals surface area contributed by atoms with Crippen LogP contribution in [0.3, 0.4) is 0 Å². The van der Waals surface area contributed by atoms with Gasteiger partial charge in [-0.15, -0.1) is 0 Å². The summed E-state index contributed by atoms with van der Waals surface area (Å²) >= 11 is 0. The molecule has 1 fully saturated rings. The fraction of sp³-hybridized carbons (Fsp3) is 0.857. The molecule has 0 N–H and O–H groups in total. The molecule has 0 saturated carbocycles. The zero-order chi connectivity index (χ0) is 6.53. The summed E-state index contributed by atoms with van der Waals surface area (Å²) in [7, 11) is 0. The van der Waals surface area contributed by atoms with Crippen LogP contribution in [0.4, 0.5) is 0 Å². The Morgan fingerprint density at radius 1 is 1.27 bits per heavy atom. The van der Waals surface area contributed by atoms with Crippen LogP contribution >= 0.6 is 0 Å². The van der Waals surface area contributed by atoms with Crippen molar-refractivity contribution in [3.05, 3.63) is 6.92 Å². The fourth-order valence-electron chi connectivity index (χ4n) is 1.05. The average Bonchev–Trinajstić information content (AvgIpc) is 1.91. The summed E-state index contributed by atoms with van der Waals surface area (Å²) in [5.74, 6) is 0. The minimum Gasteiger partial charge on any atom is -1.00 e. The van der Waals surface area contributed by atoms with Gasteiger partial charge in [0, 0.05) is 13.1 Å². The van der Waals surface area contributed by atoms with Gasteiger partial charge in [-0.05, 0) is 6.54 Å². The number of hydrogen-bond acceptors (Lipinski definition) is 2. The molecule has 0 aromatic rings. The van der Waals surface area contributed by atoms with E-state index in [0.717, 1.165) is 39.3 Å². The number of morpholine rings is 1. The first kappa shape index (κ1) is 14.5. The third kappa shape index (κ3) is 6.17. The molecule has 1 saturated heterocycles. The van der Waals surface area contributed by atoms with Crippen molar-refractivity contribution in [2.45, 2.75) is 6.42 Å². The van der Waals surface area contributed by atoms with Crippen molar-refractivity contribution in [3.63, 3.8) is 0 Å². The quantitative estimate of drug-likeness (QED) is 0.342. The standard InChI is InChI=1S/C7H14NO.ClH.Mg/c1-2-3-8-4-6-9-7-5-8;;/h1-7H2;1H;/q-1;;+2/p-1. The third-order valence-electron chi connectivity index (χ3n) is 1.58. The van der Waals surface area contributed by atoms with Crippen molar-refractivity contribution in [1.82, 2.24) is 4.90 Å². The molecule has 0 radical (unpaired) electrons. The molecule has 0 aromatic heterocycles. The first-order valence-corrected chi connectivity index (χ1v) is 3.53. The van der Waals surface area contributed by atoms with Crippen LogP contribution in [0.5, 0.6) is 0 Å². The van der Waals surface area contributed by atoms with Crippen LogP contribution in [-0.4, -0.2) is 60.8 Å². The van der Waals surface area contributed by atoms with Crippen LogP contribution < -0.4 is 12.4 Å². The average molecular weight is 188 g/mol. The van der Waals surface area contributed by atoms with Crippen LogP contribution in [0.15, 0.2) is 0 Å². The van der Waals surface area contributed by atoms with Crippen molar-refractivity contribution in [1.29, 1.82) is 0 Å². The Balaban J connectivity index is 0. The molecule has 0 aliphatic carbocycles. The summed E-state index contributed by atoms with van der Waals surface area (Å²) in [4.78, 5) is 2.39. The van der Waals surface area contributed by atoms with Gasteiger partial charge < -0.3 is 29.0 Å². The summed E-state index contributed by atoms with van der Waals surface area (Å²) < 4.78 is 5.18. The minimum absolute atomic E-state index is 0. The predicted octanol–water partition coefficient (Wildman–Crippen LogP) is -2.83. The second-order valence-electron chi connectivity index (χ2n) is 2.31. The van der Waals surface area contributed by atoms with Gasteiger partial charge in [0.25, 0.3) is 0 Å². The van der Waals surface area contributed by atoms with E-state index in [1.54, 1.807) is 0 Å². The van der Waals surface area contributed by atoms with Crippen molar-refractivity contribution in [3.8, 4) is 0 Å². The Labute approximate surface area is 91.2 Å². The SMILES string of the molecule is [CH2-]CCN1CCOCC1.[Cl-].[Mg+2]. The molecule has 4 heteroatoms. The maximum absolute atomic E-state index is 5.18. The molecule has 1 heterocycles. The van der Waals surface area contributed by atoms with Gasteiger partial charge in [-0.1, -0.05) is 0 Å². The molecule has 1 aliphatic rings. The van der Waals surface area contributed by atoms with Crippen LogP contribution in [-0.2, 0) is 4.74 Å². The molecule has 62 valence electrons. The van der Waals surface area contributed by atoms with Gasteiger partial charge in [0.1, 0.15) is 0 Å². The van der Waals surface area contributed by atoms with Crippen molar-refractivity contribution < 1.29 is 17.1 Å². The molecule has 0 aromatic carbocycles. The number of nitrogens with zero attached hydrogens (tertiary/aromatic N) is 1. The fourth-order valence-corrected chi connectivity index (χ4v) is 1.05. The second kappa shape index (κ2) is 9.07. The Morgan fingerprint density at radius 3 is 2.27 bits per heavy atom. The third-order valence-corrected chi connectivity index (χ3v) is 1.58. The van der Waals surface area contributed by atoms with Crippen molar-refractivity contribution in [2.24, 2.45) is 0 Å². The van der Waals surface area contributed by atoms with E-state index in [1.807, 2.05) is 0 Å². The zero-order valence-corrected chi connectivity index (χ0v) is 9.06. The number of rotatable bonds is 2. The molecule has 0 spiro atoms. The Kier molecular flexibility index (Phi) is 12.0. The Hall–Kier alpha value is 0.976. The summed E-state index contributed by atoms with van der Waals surface area (Å²) in [6.45, 7) is 8.92. The van der Waals surface area contributed by atoms with Crippen LogP contribution in [0.2, 0.25) is 0 Å². The van der Waals surface area contributed by atoms with Gasteiger partial charge in [-0.3, -0.25) is 0 Å². The maximum Gasteiger partial charge on any atom is 2.00 e. The summed E-state index contributed by atoms with van der Waals surface area (Å²) in [6.07, 6.45) is 1.01. The van der Waals surface area contributed by atoms with Gasteiger partial charge in [0.05, 0.1) is 13.2 Å². The molecule has 1 rings (SSSR count). The molecule has 11 heavy (non-hydrogen) atoms. The zero-order valence-electron chi connectivity index (χ0n) is 6.89. The van der Waals surface area contributed by atoms with Gasteiger partial charge in [0.15, 0.2) is 0 Å². The molecule has 0 atom stereocenters. The monoisotopic (exact) mass is 187 g/mol. The summed E-state index contributed by atoms with van der Waals surface area (Å²) in [5, 5.41) is 0. The molecular formula is C7H14ClMgNO. The first-order chi connectivity index (χ1) is 4.43. The van der Waals surface area contributed by atoms with Crippen LogP contribution in [0.1, 0.15) is 6.42 Å². The van der Waals surface area contributed by atoms with E-state index in [2.05, 4.69) is 11.8 Å². The van der Waals surface area contributed by atoms with Gasteiger partial charge >= 0.3 is 23.1 Å². The van der Waals surface area contributed by atoms with E-state index in [4.69, 9.17) is 4.74 Å². The van der Waals surface area contributed by atoms with E-state index in [9.17, 15) is 0 Å². The minimum atomic E-state index is 0. The van der Waals surface area contributed by atoms with E-state index in [-0.39, 0.29) is 35.5 Å². The molecule has 0 unspecified atom stereocenters. The number of ether oxygens (including phenoxy) is 1. The molecular weight excluding hydrogens is 174 g/mol. The van der Waals surface area contributed by atoms with E-state index < -0.39 is 0 Å². The van der Waals surface area contributed by atoms with Crippen molar-refractivity contribution in [2.75, 3.05) is 32.8 Å². The molecule has 1 aliphatic heterocycles. The molecule has 0 bridgehead atoms. The van der Waals surface area contributed by atoms with Crippen LogP contribution in [0.25, 0.3) is 0 Å². The largest absolute Gasteiger partial charge is 2.00 e. The van der Waals surface area contributed by atoms with Crippen molar-refractivity contribution >= 4 is 23.1 Å². The second-order valence-corrected chi connectivity index (χ2v) is 2.31. The Morgan fingerprint density at radius 2 is 1.82 bits per heavy atom. The van der Waals surface area contributed by atoms with E-state index >= 15 is 0 Å². The van der Waals surface area contributed by atoms with Gasteiger partial charge in [-0.25, -0.2) is 0 Å². The van der Waals surface area contributed by atoms with Gasteiger partial charge in [-0.2, -0.15) is 6.42 Å².